The van der Waals surface area contributed by atoms with Gasteiger partial charge in [-0.15, -0.1) is 12.3 Å². The molecule has 3 rings (SSSR count). The Bertz CT molecular complexity index is 719. The Labute approximate surface area is 153 Å². The minimum absolute atomic E-state index is 0.00267. The standard InChI is InChI=1S/C19H23N5O2/c1-2-3-10-19(22-23-19)11-12-20-17(25)14-24-13-9-16(21-18(24)26)15-7-5-4-6-8-15/h1,4-8,16H,3,9-14H2,(H,20,25)(H,21,26). The summed E-state index contributed by atoms with van der Waals surface area (Å²) in [4.78, 5) is 25.9. The Balaban J connectivity index is 1.39. The average Bonchev–Trinajstić information content (AvgIpc) is 3.42. The van der Waals surface area contributed by atoms with Gasteiger partial charge in [0.2, 0.25) is 5.91 Å². The molecule has 0 spiro atoms. The van der Waals surface area contributed by atoms with Crippen molar-refractivity contribution in [3.05, 3.63) is 35.9 Å². The van der Waals surface area contributed by atoms with Crippen molar-refractivity contribution in [2.24, 2.45) is 10.2 Å². The first kappa shape index (κ1) is 17.9. The van der Waals surface area contributed by atoms with E-state index in [0.29, 0.717) is 25.9 Å². The lowest BCUT2D eigenvalue weighted by atomic mass is 10.0. The van der Waals surface area contributed by atoms with E-state index in [1.165, 1.54) is 4.90 Å². The molecular formula is C19H23N5O2. The molecule has 1 aromatic carbocycles. The van der Waals surface area contributed by atoms with Crippen LogP contribution in [0.5, 0.6) is 0 Å². The highest BCUT2D eigenvalue weighted by Crippen LogP contribution is 2.36. The van der Waals surface area contributed by atoms with Gasteiger partial charge in [-0.3, -0.25) is 4.79 Å². The number of hydrogen-bond acceptors (Lipinski definition) is 4. The van der Waals surface area contributed by atoms with Crippen molar-refractivity contribution in [3.8, 4) is 12.3 Å². The maximum Gasteiger partial charge on any atom is 0.318 e. The topological polar surface area (TPSA) is 86.2 Å². The molecule has 7 nitrogen and oxygen atoms in total. The third-order valence-corrected chi connectivity index (χ3v) is 4.71. The van der Waals surface area contributed by atoms with Crippen molar-refractivity contribution >= 4 is 11.9 Å². The quantitative estimate of drug-likeness (QED) is 0.702. The lowest BCUT2D eigenvalue weighted by Gasteiger charge is -2.32. The Kier molecular flexibility index (Phi) is 5.52. The summed E-state index contributed by atoms with van der Waals surface area (Å²) in [5.41, 5.74) is 0.685. The summed E-state index contributed by atoms with van der Waals surface area (Å²) >= 11 is 0. The van der Waals surface area contributed by atoms with Crippen molar-refractivity contribution in [2.75, 3.05) is 19.6 Å². The average molecular weight is 353 g/mol. The van der Waals surface area contributed by atoms with Crippen LogP contribution in [0.3, 0.4) is 0 Å². The van der Waals surface area contributed by atoms with Gasteiger partial charge in [-0.25, -0.2) is 4.79 Å². The van der Waals surface area contributed by atoms with Gasteiger partial charge in [-0.2, -0.15) is 10.2 Å². The summed E-state index contributed by atoms with van der Waals surface area (Å²) in [7, 11) is 0. The Morgan fingerprint density at radius 2 is 2.12 bits per heavy atom. The van der Waals surface area contributed by atoms with E-state index in [1.54, 1.807) is 0 Å². The van der Waals surface area contributed by atoms with E-state index in [9.17, 15) is 9.59 Å². The third kappa shape index (κ3) is 4.60. The first-order chi connectivity index (χ1) is 12.6. The number of carbonyl (C=O) groups excluding carboxylic acids is 2. The largest absolute Gasteiger partial charge is 0.354 e. The number of terminal acetylenes is 1. The number of carbonyl (C=O) groups is 2. The molecular weight excluding hydrogens is 330 g/mol. The summed E-state index contributed by atoms with van der Waals surface area (Å²) in [5.74, 6) is 2.40. The molecule has 0 saturated carbocycles. The summed E-state index contributed by atoms with van der Waals surface area (Å²) in [6.07, 6.45) is 8.01. The second-order valence-corrected chi connectivity index (χ2v) is 6.61. The molecule has 1 fully saturated rings. The summed E-state index contributed by atoms with van der Waals surface area (Å²) in [6, 6.07) is 9.64. The number of nitrogens with one attached hydrogen (secondary N) is 2. The van der Waals surface area contributed by atoms with Crippen LogP contribution in [-0.2, 0) is 4.79 Å². The fourth-order valence-corrected chi connectivity index (χ4v) is 3.08. The molecule has 136 valence electrons. The normalized spacial score (nSPS) is 20.2. The van der Waals surface area contributed by atoms with Gasteiger partial charge in [0, 0.05) is 32.4 Å². The summed E-state index contributed by atoms with van der Waals surface area (Å²) < 4.78 is 0. The molecule has 2 aliphatic heterocycles. The van der Waals surface area contributed by atoms with Gasteiger partial charge in [0.1, 0.15) is 6.54 Å². The van der Waals surface area contributed by atoms with Crippen LogP contribution in [0.25, 0.3) is 0 Å². The first-order valence-electron chi connectivity index (χ1n) is 8.86. The molecule has 2 N–H and O–H groups in total. The Morgan fingerprint density at radius 3 is 2.77 bits per heavy atom. The van der Waals surface area contributed by atoms with Crippen LogP contribution >= 0.6 is 0 Å². The van der Waals surface area contributed by atoms with Crippen LogP contribution < -0.4 is 10.6 Å². The van der Waals surface area contributed by atoms with Gasteiger partial charge in [0.25, 0.3) is 0 Å². The summed E-state index contributed by atoms with van der Waals surface area (Å²) in [5, 5.41) is 13.9. The second kappa shape index (κ2) is 8.00. The molecule has 2 heterocycles. The number of benzene rings is 1. The predicted octanol–water partition coefficient (Wildman–Crippen LogP) is 2.22. The second-order valence-electron chi connectivity index (χ2n) is 6.61. The number of rotatable bonds is 8. The molecule has 1 saturated heterocycles. The molecule has 1 atom stereocenters. The summed E-state index contributed by atoms with van der Waals surface area (Å²) in [6.45, 7) is 1.08. The van der Waals surface area contributed by atoms with Crippen LogP contribution in [-0.4, -0.2) is 42.1 Å². The van der Waals surface area contributed by atoms with Crippen molar-refractivity contribution in [1.82, 2.24) is 15.5 Å². The monoisotopic (exact) mass is 353 g/mol. The van der Waals surface area contributed by atoms with E-state index in [2.05, 4.69) is 26.8 Å². The Morgan fingerprint density at radius 1 is 1.35 bits per heavy atom. The van der Waals surface area contributed by atoms with Crippen LogP contribution in [0, 0.1) is 12.3 Å². The lowest BCUT2D eigenvalue weighted by molar-refractivity contribution is -0.121. The van der Waals surface area contributed by atoms with Gasteiger partial charge >= 0.3 is 6.03 Å². The van der Waals surface area contributed by atoms with Crippen molar-refractivity contribution in [2.45, 2.75) is 37.4 Å². The molecule has 1 aromatic rings. The number of hydrogen-bond donors (Lipinski definition) is 2. The zero-order chi connectivity index (χ0) is 18.4. The molecule has 0 radical (unpaired) electrons. The van der Waals surface area contributed by atoms with Crippen molar-refractivity contribution in [1.29, 1.82) is 0 Å². The van der Waals surface area contributed by atoms with Crippen LogP contribution in [0.15, 0.2) is 40.6 Å². The molecule has 26 heavy (non-hydrogen) atoms. The third-order valence-electron chi connectivity index (χ3n) is 4.71. The molecule has 1 unspecified atom stereocenters. The minimum atomic E-state index is -0.398. The fraction of sp³-hybridized carbons (Fsp3) is 0.474. The zero-order valence-electron chi connectivity index (χ0n) is 14.6. The number of nitrogens with zero attached hydrogens (tertiary/aromatic N) is 3. The van der Waals surface area contributed by atoms with Crippen molar-refractivity contribution < 1.29 is 9.59 Å². The lowest BCUT2D eigenvalue weighted by Crippen LogP contribution is -2.51. The van der Waals surface area contributed by atoms with Gasteiger partial charge in [-0.05, 0) is 12.0 Å². The highest BCUT2D eigenvalue weighted by molar-refractivity contribution is 5.84. The van der Waals surface area contributed by atoms with Gasteiger partial charge in [0.05, 0.1) is 6.04 Å². The molecule has 3 amide bonds. The van der Waals surface area contributed by atoms with E-state index in [4.69, 9.17) is 6.42 Å². The molecule has 0 aromatic heterocycles. The van der Waals surface area contributed by atoms with Gasteiger partial charge < -0.3 is 15.5 Å². The van der Waals surface area contributed by atoms with E-state index in [0.717, 1.165) is 18.4 Å². The van der Waals surface area contributed by atoms with Crippen LogP contribution in [0.2, 0.25) is 0 Å². The first-order valence-corrected chi connectivity index (χ1v) is 8.86. The van der Waals surface area contributed by atoms with E-state index in [1.807, 2.05) is 30.3 Å². The van der Waals surface area contributed by atoms with E-state index < -0.39 is 5.66 Å². The molecule has 2 aliphatic rings. The highest BCUT2D eigenvalue weighted by Gasteiger charge is 2.38. The van der Waals surface area contributed by atoms with E-state index >= 15 is 0 Å². The smallest absolute Gasteiger partial charge is 0.318 e. The fourth-order valence-electron chi connectivity index (χ4n) is 3.08. The minimum Gasteiger partial charge on any atom is -0.354 e. The van der Waals surface area contributed by atoms with Gasteiger partial charge in [-0.1, -0.05) is 30.3 Å². The maximum atomic E-state index is 12.3. The number of urea groups is 1. The highest BCUT2D eigenvalue weighted by atomic mass is 16.2. The van der Waals surface area contributed by atoms with E-state index in [-0.39, 0.29) is 24.5 Å². The zero-order valence-corrected chi connectivity index (χ0v) is 14.6. The van der Waals surface area contributed by atoms with Crippen LogP contribution in [0.1, 0.15) is 37.3 Å². The molecule has 0 aliphatic carbocycles. The van der Waals surface area contributed by atoms with Gasteiger partial charge in [0.15, 0.2) is 5.66 Å². The number of amides is 3. The SMILES string of the molecule is C#CCCC1(CCNC(=O)CN2CCC(c3ccccc3)NC2=O)N=N1. The maximum absolute atomic E-state index is 12.3. The molecule has 0 bridgehead atoms. The molecule has 7 heteroatoms. The predicted molar refractivity (Wildman–Crippen MR) is 97.2 cm³/mol. The Hall–Kier alpha value is -2.88. The van der Waals surface area contributed by atoms with Crippen LogP contribution in [0.4, 0.5) is 4.79 Å². The van der Waals surface area contributed by atoms with Crippen molar-refractivity contribution in [3.63, 3.8) is 0 Å².